The van der Waals surface area contributed by atoms with Gasteiger partial charge in [0.15, 0.2) is 5.78 Å². The zero-order valence-corrected chi connectivity index (χ0v) is 11.7. The maximum Gasteiger partial charge on any atom is 0.311 e. The Morgan fingerprint density at radius 2 is 1.95 bits per heavy atom. The zero-order chi connectivity index (χ0) is 15.2. The van der Waals surface area contributed by atoms with Crippen LogP contribution in [0.1, 0.15) is 18.9 Å². The second-order valence-corrected chi connectivity index (χ2v) is 4.50. The predicted octanol–water partition coefficient (Wildman–Crippen LogP) is 3.30. The summed E-state index contributed by atoms with van der Waals surface area (Å²) in [5, 5.41) is 10.6. The minimum absolute atomic E-state index is 0.446. The number of ether oxygens (including phenoxy) is 1. The summed E-state index contributed by atoms with van der Waals surface area (Å²) >= 11 is 0. The molecule has 21 heavy (non-hydrogen) atoms. The molecule has 0 aliphatic carbocycles. The van der Waals surface area contributed by atoms with Crippen molar-refractivity contribution in [1.29, 1.82) is 0 Å². The molecule has 2 aromatic carbocycles. The van der Waals surface area contributed by atoms with Gasteiger partial charge in [-0.25, -0.2) is 0 Å². The molecule has 0 unspecified atom stereocenters. The molecule has 0 amide bonds. The molecule has 0 saturated heterocycles. The van der Waals surface area contributed by atoms with Gasteiger partial charge in [-0.3, -0.25) is 9.59 Å². The second kappa shape index (κ2) is 6.70. The largest absolute Gasteiger partial charge is 0.493 e. The molecular weight excluding hydrogens is 268 g/mol. The van der Waals surface area contributed by atoms with E-state index in [-0.39, 0.29) is 0 Å². The number of carbonyl (C=O) groups is 2. The maximum atomic E-state index is 11.5. The number of allylic oxidation sites excluding steroid dienone is 1. The normalized spacial score (nSPS) is 10.9. The van der Waals surface area contributed by atoms with Crippen LogP contribution in [0.15, 0.2) is 42.5 Å². The van der Waals surface area contributed by atoms with E-state index in [0.29, 0.717) is 12.4 Å². The fourth-order valence-electron chi connectivity index (χ4n) is 2.11. The van der Waals surface area contributed by atoms with Crippen LogP contribution >= 0.6 is 0 Å². The Kier molecular flexibility index (Phi) is 4.72. The molecule has 0 aromatic heterocycles. The van der Waals surface area contributed by atoms with Crippen molar-refractivity contribution in [3.8, 4) is 5.75 Å². The number of fused-ring (bicyclic) bond motifs is 1. The van der Waals surface area contributed by atoms with E-state index in [1.165, 1.54) is 6.08 Å². The van der Waals surface area contributed by atoms with Crippen molar-refractivity contribution in [2.45, 2.75) is 13.3 Å². The average Bonchev–Trinajstić information content (AvgIpc) is 2.45. The molecule has 0 spiro atoms. The molecule has 0 radical (unpaired) electrons. The number of rotatable bonds is 6. The van der Waals surface area contributed by atoms with E-state index < -0.39 is 18.2 Å². The Labute approximate surface area is 122 Å². The molecule has 2 rings (SSSR count). The first kappa shape index (κ1) is 14.8. The summed E-state index contributed by atoms with van der Waals surface area (Å²) < 4.78 is 5.58. The first-order valence-electron chi connectivity index (χ1n) is 6.69. The molecule has 0 heterocycles. The van der Waals surface area contributed by atoms with Gasteiger partial charge in [-0.1, -0.05) is 30.3 Å². The molecule has 0 aliphatic heterocycles. The van der Waals surface area contributed by atoms with Gasteiger partial charge in [0.25, 0.3) is 0 Å². The lowest BCUT2D eigenvalue weighted by atomic mass is 10.0. The van der Waals surface area contributed by atoms with Crippen LogP contribution in [0, 0.1) is 0 Å². The first-order chi connectivity index (χ1) is 10.1. The number of carboxylic acid groups (broad SMARTS) is 1. The lowest BCUT2D eigenvalue weighted by Gasteiger charge is -2.10. The van der Waals surface area contributed by atoms with Crippen molar-refractivity contribution in [2.75, 3.05) is 6.61 Å². The van der Waals surface area contributed by atoms with Gasteiger partial charge in [-0.2, -0.15) is 0 Å². The number of hydrogen-bond donors (Lipinski definition) is 1. The van der Waals surface area contributed by atoms with Crippen LogP contribution in [0.4, 0.5) is 0 Å². The summed E-state index contributed by atoms with van der Waals surface area (Å²) in [7, 11) is 0. The summed E-state index contributed by atoms with van der Waals surface area (Å²) in [6, 6.07) is 11.6. The van der Waals surface area contributed by atoms with Crippen molar-refractivity contribution in [1.82, 2.24) is 0 Å². The van der Waals surface area contributed by atoms with Crippen molar-refractivity contribution in [3.63, 3.8) is 0 Å². The summed E-state index contributed by atoms with van der Waals surface area (Å²) in [5.41, 5.74) is 0.786. The zero-order valence-electron chi connectivity index (χ0n) is 11.7. The first-order valence-corrected chi connectivity index (χ1v) is 6.69. The van der Waals surface area contributed by atoms with E-state index in [4.69, 9.17) is 9.84 Å². The summed E-state index contributed by atoms with van der Waals surface area (Å²) in [6.45, 7) is 2.40. The molecule has 1 N–H and O–H groups in total. The number of hydrogen-bond acceptors (Lipinski definition) is 3. The van der Waals surface area contributed by atoms with Crippen LogP contribution in [0.5, 0.6) is 5.75 Å². The molecule has 0 saturated carbocycles. The molecule has 0 fully saturated rings. The molecule has 2 aromatic rings. The molecule has 4 nitrogen and oxygen atoms in total. The highest BCUT2D eigenvalue weighted by molar-refractivity contribution is 6.05. The third kappa shape index (κ3) is 3.69. The lowest BCUT2D eigenvalue weighted by Crippen LogP contribution is -2.03. The number of benzene rings is 2. The fraction of sp³-hybridized carbons (Fsp3) is 0.176. The van der Waals surface area contributed by atoms with Gasteiger partial charge in [0.2, 0.25) is 0 Å². The SMILES string of the molecule is CCOc1ccc2ccccc2c1C=CC(=O)CC(=O)O. The van der Waals surface area contributed by atoms with E-state index in [0.717, 1.165) is 16.3 Å². The highest BCUT2D eigenvalue weighted by Crippen LogP contribution is 2.29. The number of aliphatic carboxylic acids is 1. The van der Waals surface area contributed by atoms with Crippen LogP contribution in [0.3, 0.4) is 0 Å². The summed E-state index contributed by atoms with van der Waals surface area (Å²) in [6.07, 6.45) is 2.41. The fourth-order valence-corrected chi connectivity index (χ4v) is 2.11. The maximum absolute atomic E-state index is 11.5. The van der Waals surface area contributed by atoms with Crippen LogP contribution in [0.2, 0.25) is 0 Å². The molecule has 4 heteroatoms. The Morgan fingerprint density at radius 3 is 2.67 bits per heavy atom. The standard InChI is InChI=1S/C17H16O4/c1-2-21-16-10-7-12-5-3-4-6-14(12)15(16)9-8-13(18)11-17(19)20/h3-10H,2,11H2,1H3,(H,19,20). The Morgan fingerprint density at radius 1 is 1.19 bits per heavy atom. The quantitative estimate of drug-likeness (QED) is 0.653. The lowest BCUT2D eigenvalue weighted by molar-refractivity contribution is -0.139. The molecule has 0 aliphatic rings. The number of carboxylic acids is 1. The van der Waals surface area contributed by atoms with Crippen molar-refractivity contribution >= 4 is 28.6 Å². The number of ketones is 1. The third-order valence-electron chi connectivity index (χ3n) is 2.99. The minimum atomic E-state index is -1.13. The molecule has 0 bridgehead atoms. The summed E-state index contributed by atoms with van der Waals surface area (Å²) in [4.78, 5) is 22.0. The topological polar surface area (TPSA) is 63.6 Å². The van der Waals surface area contributed by atoms with E-state index in [9.17, 15) is 9.59 Å². The van der Waals surface area contributed by atoms with Crippen molar-refractivity contribution in [2.24, 2.45) is 0 Å². The van der Waals surface area contributed by atoms with Gasteiger partial charge in [0.05, 0.1) is 6.61 Å². The Bertz CT molecular complexity index is 701. The highest BCUT2D eigenvalue weighted by Gasteiger charge is 2.08. The monoisotopic (exact) mass is 284 g/mol. The van der Waals surface area contributed by atoms with Gasteiger partial charge in [-0.15, -0.1) is 0 Å². The van der Waals surface area contributed by atoms with Gasteiger partial charge < -0.3 is 9.84 Å². The van der Waals surface area contributed by atoms with Crippen LogP contribution in [0.25, 0.3) is 16.8 Å². The van der Waals surface area contributed by atoms with Crippen LogP contribution < -0.4 is 4.74 Å². The van der Waals surface area contributed by atoms with Gasteiger partial charge >= 0.3 is 5.97 Å². The Balaban J connectivity index is 2.44. The molecule has 0 atom stereocenters. The van der Waals surface area contributed by atoms with Crippen LogP contribution in [-0.2, 0) is 9.59 Å². The molecule has 108 valence electrons. The van der Waals surface area contributed by atoms with Gasteiger partial charge in [-0.05, 0) is 35.9 Å². The van der Waals surface area contributed by atoms with Crippen LogP contribution in [-0.4, -0.2) is 23.5 Å². The van der Waals surface area contributed by atoms with Gasteiger partial charge in [0, 0.05) is 5.56 Å². The van der Waals surface area contributed by atoms with E-state index >= 15 is 0 Å². The van der Waals surface area contributed by atoms with E-state index in [1.54, 1.807) is 6.08 Å². The van der Waals surface area contributed by atoms with Gasteiger partial charge in [0.1, 0.15) is 12.2 Å². The van der Waals surface area contributed by atoms with Crippen molar-refractivity contribution < 1.29 is 19.4 Å². The highest BCUT2D eigenvalue weighted by atomic mass is 16.5. The minimum Gasteiger partial charge on any atom is -0.493 e. The third-order valence-corrected chi connectivity index (χ3v) is 2.99. The Hall–Kier alpha value is -2.62. The van der Waals surface area contributed by atoms with Crippen molar-refractivity contribution in [3.05, 3.63) is 48.0 Å². The summed E-state index contributed by atoms with van der Waals surface area (Å²) in [5.74, 6) is -0.902. The predicted molar refractivity (Wildman–Crippen MR) is 81.4 cm³/mol. The average molecular weight is 284 g/mol. The molecular formula is C17H16O4. The van der Waals surface area contributed by atoms with E-state index in [2.05, 4.69) is 0 Å². The second-order valence-electron chi connectivity index (χ2n) is 4.50. The number of carbonyl (C=O) groups excluding carboxylic acids is 1. The van der Waals surface area contributed by atoms with E-state index in [1.807, 2.05) is 43.3 Å². The smallest absolute Gasteiger partial charge is 0.311 e.